The maximum atomic E-state index is 13.4. The average molecular weight is 454 g/mol. The standard InChI is InChI=1S/C23H24FN5O2S/c1-14(30)17-13-25-23(28-22-6-4-5-21(24)27-22)12-19(17)26-18-10-9-16(15-7-8-15)11-20(18)29(2)32(3)31/h4-6,9-13,15H,7-8H2,1-3H3,(H2,25,26,27,28). The van der Waals surface area contributed by atoms with Crippen molar-refractivity contribution in [3.05, 3.63) is 65.7 Å². The van der Waals surface area contributed by atoms with Gasteiger partial charge in [0, 0.05) is 25.6 Å². The van der Waals surface area contributed by atoms with E-state index < -0.39 is 16.9 Å². The molecule has 2 heterocycles. The number of nitrogens with zero attached hydrogens (tertiary/aromatic N) is 3. The molecule has 3 aromatic rings. The lowest BCUT2D eigenvalue weighted by atomic mass is 10.1. The van der Waals surface area contributed by atoms with Gasteiger partial charge in [0.25, 0.3) is 0 Å². The van der Waals surface area contributed by atoms with Crippen LogP contribution in [0.5, 0.6) is 0 Å². The second-order valence-corrected chi connectivity index (χ2v) is 9.13. The molecule has 1 saturated carbocycles. The van der Waals surface area contributed by atoms with Crippen molar-refractivity contribution in [3.63, 3.8) is 0 Å². The Labute approximate surface area is 188 Å². The van der Waals surface area contributed by atoms with Crippen LogP contribution in [0.4, 0.5) is 33.1 Å². The number of carbonyl (C=O) groups excluding carboxylic acids is 1. The van der Waals surface area contributed by atoms with E-state index in [0.717, 1.165) is 24.2 Å². The van der Waals surface area contributed by atoms with Gasteiger partial charge in [-0.15, -0.1) is 0 Å². The minimum Gasteiger partial charge on any atom is -0.353 e. The maximum absolute atomic E-state index is 13.4. The van der Waals surface area contributed by atoms with Gasteiger partial charge < -0.3 is 10.6 Å². The molecule has 1 fully saturated rings. The minimum atomic E-state index is -1.22. The quantitative estimate of drug-likeness (QED) is 0.372. The van der Waals surface area contributed by atoms with E-state index in [9.17, 15) is 13.4 Å². The zero-order valence-electron chi connectivity index (χ0n) is 18.1. The Hall–Kier alpha value is -3.33. The zero-order valence-corrected chi connectivity index (χ0v) is 18.9. The number of halogens is 1. The summed E-state index contributed by atoms with van der Waals surface area (Å²) < 4.78 is 27.3. The van der Waals surface area contributed by atoms with Gasteiger partial charge in [-0.2, -0.15) is 4.39 Å². The Morgan fingerprint density at radius 2 is 1.91 bits per heavy atom. The lowest BCUT2D eigenvalue weighted by Crippen LogP contribution is -2.20. The first-order chi connectivity index (χ1) is 15.3. The van der Waals surface area contributed by atoms with Crippen LogP contribution < -0.4 is 14.9 Å². The topological polar surface area (TPSA) is 87.2 Å². The van der Waals surface area contributed by atoms with E-state index in [0.29, 0.717) is 28.8 Å². The van der Waals surface area contributed by atoms with E-state index in [4.69, 9.17) is 0 Å². The molecule has 1 unspecified atom stereocenters. The van der Waals surface area contributed by atoms with Crippen molar-refractivity contribution in [2.75, 3.05) is 28.2 Å². The van der Waals surface area contributed by atoms with Crippen molar-refractivity contribution in [2.24, 2.45) is 0 Å². The summed E-state index contributed by atoms with van der Waals surface area (Å²) in [5.41, 5.74) is 3.64. The van der Waals surface area contributed by atoms with E-state index in [1.54, 1.807) is 35.8 Å². The number of ketones is 1. The maximum Gasteiger partial charge on any atom is 0.214 e. The summed E-state index contributed by atoms with van der Waals surface area (Å²) in [5.74, 6) is 0.488. The molecule has 1 aliphatic carbocycles. The highest BCUT2D eigenvalue weighted by Crippen LogP contribution is 2.43. The van der Waals surface area contributed by atoms with E-state index >= 15 is 0 Å². The molecule has 1 aliphatic rings. The van der Waals surface area contributed by atoms with Crippen molar-refractivity contribution < 1.29 is 13.4 Å². The first-order valence-electron chi connectivity index (χ1n) is 10.2. The summed E-state index contributed by atoms with van der Waals surface area (Å²) in [6.45, 7) is 1.47. The van der Waals surface area contributed by atoms with Crippen LogP contribution in [-0.4, -0.2) is 33.3 Å². The lowest BCUT2D eigenvalue weighted by molar-refractivity contribution is 0.101. The van der Waals surface area contributed by atoms with E-state index in [1.807, 2.05) is 12.1 Å². The Bertz CT molecular complexity index is 1200. The van der Waals surface area contributed by atoms with Crippen molar-refractivity contribution in [1.82, 2.24) is 9.97 Å². The monoisotopic (exact) mass is 453 g/mol. The van der Waals surface area contributed by atoms with Crippen molar-refractivity contribution >= 4 is 45.5 Å². The third kappa shape index (κ3) is 4.94. The summed E-state index contributed by atoms with van der Waals surface area (Å²) in [4.78, 5) is 20.3. The van der Waals surface area contributed by atoms with Gasteiger partial charge in [-0.3, -0.25) is 9.10 Å². The summed E-state index contributed by atoms with van der Waals surface area (Å²) in [7, 11) is 0.552. The third-order valence-electron chi connectivity index (χ3n) is 5.32. The number of pyridine rings is 2. The molecule has 4 rings (SSSR count). The molecule has 9 heteroatoms. The molecule has 0 amide bonds. The summed E-state index contributed by atoms with van der Waals surface area (Å²) >= 11 is 0. The molecule has 2 aromatic heterocycles. The highest BCUT2D eigenvalue weighted by atomic mass is 32.2. The first kappa shape index (κ1) is 21.9. The van der Waals surface area contributed by atoms with E-state index in [-0.39, 0.29) is 5.78 Å². The van der Waals surface area contributed by atoms with Gasteiger partial charge in [0.05, 0.1) is 22.6 Å². The first-order valence-corrected chi connectivity index (χ1v) is 11.7. The number of aromatic nitrogens is 2. The molecule has 0 radical (unpaired) electrons. The number of anilines is 5. The number of Topliss-reactive ketones (excluding diaryl/α,β-unsaturated/α-hetero) is 1. The van der Waals surface area contributed by atoms with Crippen molar-refractivity contribution in [2.45, 2.75) is 25.7 Å². The smallest absolute Gasteiger partial charge is 0.214 e. The summed E-state index contributed by atoms with van der Waals surface area (Å²) in [6, 6.07) is 12.1. The second-order valence-electron chi connectivity index (χ2n) is 7.74. The fourth-order valence-electron chi connectivity index (χ4n) is 3.39. The Morgan fingerprint density at radius 1 is 1.12 bits per heavy atom. The van der Waals surface area contributed by atoms with E-state index in [2.05, 4.69) is 26.7 Å². The third-order valence-corrected chi connectivity index (χ3v) is 6.29. The number of nitrogens with one attached hydrogen (secondary N) is 2. The Balaban J connectivity index is 1.71. The molecular weight excluding hydrogens is 429 g/mol. The van der Waals surface area contributed by atoms with Crippen molar-refractivity contribution in [3.8, 4) is 0 Å². The molecule has 2 N–H and O–H groups in total. The molecule has 166 valence electrons. The molecule has 1 atom stereocenters. The Kier molecular flexibility index (Phi) is 6.18. The molecule has 1 aromatic carbocycles. The fourth-order valence-corrected chi connectivity index (χ4v) is 3.81. The molecular formula is C23H24FN5O2S. The van der Waals surface area contributed by atoms with Gasteiger partial charge >= 0.3 is 0 Å². The van der Waals surface area contributed by atoms with Crippen LogP contribution in [0.2, 0.25) is 0 Å². The SMILES string of the molecule is CC(=O)c1cnc(Nc2cccc(F)n2)cc1Nc1ccc(C2CC2)cc1N(C)S(C)=O. The highest BCUT2D eigenvalue weighted by Gasteiger charge is 2.25. The van der Waals surface area contributed by atoms with Crippen molar-refractivity contribution in [1.29, 1.82) is 0 Å². The average Bonchev–Trinajstić information content (AvgIpc) is 3.59. The van der Waals surface area contributed by atoms with Gasteiger partial charge in [-0.05, 0) is 55.5 Å². The number of hydrogen-bond donors (Lipinski definition) is 2. The molecule has 0 spiro atoms. The van der Waals surface area contributed by atoms with Gasteiger partial charge in [0.15, 0.2) is 5.78 Å². The predicted octanol–water partition coefficient (Wildman–Crippen LogP) is 4.91. The van der Waals surface area contributed by atoms with Crippen LogP contribution in [0.1, 0.15) is 41.6 Å². The number of benzene rings is 1. The molecule has 32 heavy (non-hydrogen) atoms. The second kappa shape index (κ2) is 9.04. The normalized spacial score (nSPS) is 14.0. The van der Waals surface area contributed by atoms with Crippen LogP contribution >= 0.6 is 0 Å². The fraction of sp³-hybridized carbons (Fsp3) is 0.261. The van der Waals surface area contributed by atoms with Gasteiger partial charge in [-0.25, -0.2) is 14.2 Å². The summed E-state index contributed by atoms with van der Waals surface area (Å²) in [5, 5.41) is 6.26. The lowest BCUT2D eigenvalue weighted by Gasteiger charge is -2.22. The number of carbonyl (C=O) groups is 1. The predicted molar refractivity (Wildman–Crippen MR) is 126 cm³/mol. The number of hydrogen-bond acceptors (Lipinski definition) is 6. The van der Waals surface area contributed by atoms with Crippen LogP contribution in [0.3, 0.4) is 0 Å². The van der Waals surface area contributed by atoms with Crippen LogP contribution in [0.15, 0.2) is 48.7 Å². The molecule has 7 nitrogen and oxygen atoms in total. The van der Waals surface area contributed by atoms with Gasteiger partial charge in [-0.1, -0.05) is 12.1 Å². The van der Waals surface area contributed by atoms with Crippen LogP contribution in [0, 0.1) is 5.95 Å². The molecule has 0 aliphatic heterocycles. The van der Waals surface area contributed by atoms with Gasteiger partial charge in [0.1, 0.15) is 22.6 Å². The Morgan fingerprint density at radius 3 is 2.56 bits per heavy atom. The molecule has 0 saturated heterocycles. The summed E-state index contributed by atoms with van der Waals surface area (Å²) in [6.07, 6.45) is 5.40. The zero-order chi connectivity index (χ0) is 22.8. The molecule has 0 bridgehead atoms. The van der Waals surface area contributed by atoms with Crippen LogP contribution in [-0.2, 0) is 11.0 Å². The minimum absolute atomic E-state index is 0.154. The number of rotatable bonds is 8. The van der Waals surface area contributed by atoms with Crippen LogP contribution in [0.25, 0.3) is 0 Å². The van der Waals surface area contributed by atoms with Gasteiger partial charge in [0.2, 0.25) is 5.95 Å². The van der Waals surface area contributed by atoms with E-state index in [1.165, 1.54) is 24.8 Å². The largest absolute Gasteiger partial charge is 0.353 e. The highest BCUT2D eigenvalue weighted by molar-refractivity contribution is 7.85.